The topological polar surface area (TPSA) is 146 Å². The maximum atomic E-state index is 12.0. The zero-order chi connectivity index (χ0) is 19.5. The highest BCUT2D eigenvalue weighted by Crippen LogP contribution is 2.16. The summed E-state index contributed by atoms with van der Waals surface area (Å²) < 4.78 is 27.8. The minimum Gasteiger partial charge on any atom is -0.456 e. The summed E-state index contributed by atoms with van der Waals surface area (Å²) in [7, 11) is -1.64. The van der Waals surface area contributed by atoms with Crippen molar-refractivity contribution in [3.63, 3.8) is 0 Å². The molecule has 1 saturated heterocycles. The smallest absolute Gasteiger partial charge is 0.325 e. The van der Waals surface area contributed by atoms with Crippen LogP contribution in [0, 0.1) is 6.92 Å². The fourth-order valence-electron chi connectivity index (χ4n) is 2.75. The third-order valence-corrected chi connectivity index (χ3v) is 6.09. The average Bonchev–Trinajstić information content (AvgIpc) is 2.90. The van der Waals surface area contributed by atoms with Gasteiger partial charge in [0.1, 0.15) is 0 Å². The monoisotopic (exact) mass is 387 g/mol. The Bertz CT molecular complexity index is 916. The van der Waals surface area contributed by atoms with Gasteiger partial charge in [0.15, 0.2) is 16.4 Å². The molecule has 1 atom stereocenters. The molecule has 1 amide bonds. The first-order valence-corrected chi connectivity index (χ1v) is 9.85. The van der Waals surface area contributed by atoms with Crippen LogP contribution in [0.3, 0.4) is 0 Å². The number of rotatable bonds is 6. The molecule has 10 nitrogen and oxygen atoms in total. The van der Waals surface area contributed by atoms with Crippen LogP contribution in [0.1, 0.15) is 24.1 Å². The summed E-state index contributed by atoms with van der Waals surface area (Å²) in [5, 5.41) is 0. The number of aryl methyl sites for hydroxylation is 1. The maximum absolute atomic E-state index is 12.0. The Labute approximate surface area is 149 Å². The third-order valence-electron chi connectivity index (χ3n) is 4.34. The summed E-state index contributed by atoms with van der Waals surface area (Å²) in [5.41, 5.74) is -0.565. The van der Waals surface area contributed by atoms with Gasteiger partial charge in [-0.15, -0.1) is 0 Å². The zero-order valence-corrected chi connectivity index (χ0v) is 15.3. The zero-order valence-electron chi connectivity index (χ0n) is 14.5. The number of likely N-dealkylation sites (N-methyl/N-ethyl adjacent to an activating group) is 1. The first-order chi connectivity index (χ1) is 12.1. The Balaban J connectivity index is 1.83. The van der Waals surface area contributed by atoms with Crippen molar-refractivity contribution in [3.05, 3.63) is 32.1 Å². The molecule has 144 valence electrons. The number of nitrogens with zero attached hydrogens (tertiary/aromatic N) is 1. The summed E-state index contributed by atoms with van der Waals surface area (Å²) in [6.07, 6.45) is 0.291. The molecule has 0 aliphatic carbocycles. The van der Waals surface area contributed by atoms with Crippen molar-refractivity contribution in [1.29, 1.82) is 0 Å². The minimum absolute atomic E-state index is 0.0438. The van der Waals surface area contributed by atoms with Crippen LogP contribution in [0.5, 0.6) is 0 Å². The van der Waals surface area contributed by atoms with Crippen LogP contribution in [0.2, 0.25) is 0 Å². The maximum Gasteiger partial charge on any atom is 0.325 e. The number of carbonyl (C=O) groups is 2. The molecule has 2 heterocycles. The van der Waals surface area contributed by atoms with Gasteiger partial charge < -0.3 is 14.6 Å². The van der Waals surface area contributed by atoms with Gasteiger partial charge in [-0.05, 0) is 19.8 Å². The molecule has 0 radical (unpaired) electrons. The van der Waals surface area contributed by atoms with Gasteiger partial charge in [-0.25, -0.2) is 13.2 Å². The number of esters is 1. The summed E-state index contributed by atoms with van der Waals surface area (Å²) >= 11 is 0. The van der Waals surface area contributed by atoms with E-state index in [1.54, 1.807) is 6.92 Å². The van der Waals surface area contributed by atoms with Crippen LogP contribution >= 0.6 is 0 Å². The SMILES string of the molecule is Cc1[nH]c(=O)[nH]c(=O)c1CCC(=O)OCC(=O)N(C)[C@H]1CCS(=O)(=O)C1. The molecule has 11 heteroatoms. The number of nitrogens with one attached hydrogen (secondary N) is 2. The summed E-state index contributed by atoms with van der Waals surface area (Å²) in [5.74, 6) is -1.20. The Hall–Kier alpha value is -2.43. The first kappa shape index (κ1) is 19.9. The highest BCUT2D eigenvalue weighted by Gasteiger charge is 2.32. The minimum atomic E-state index is -3.12. The van der Waals surface area contributed by atoms with Crippen molar-refractivity contribution in [2.24, 2.45) is 0 Å². The van der Waals surface area contributed by atoms with E-state index in [4.69, 9.17) is 4.74 Å². The van der Waals surface area contributed by atoms with E-state index in [0.29, 0.717) is 12.1 Å². The molecule has 1 aliphatic heterocycles. The number of ether oxygens (including phenoxy) is 1. The number of H-pyrrole nitrogens is 2. The highest BCUT2D eigenvalue weighted by molar-refractivity contribution is 7.91. The van der Waals surface area contributed by atoms with Gasteiger partial charge in [0.25, 0.3) is 11.5 Å². The molecule has 1 aliphatic rings. The van der Waals surface area contributed by atoms with Crippen LogP contribution in [0.15, 0.2) is 9.59 Å². The van der Waals surface area contributed by atoms with Crippen LogP contribution in [-0.4, -0.2) is 66.4 Å². The number of hydrogen-bond donors (Lipinski definition) is 2. The Morgan fingerprint density at radius 2 is 1.96 bits per heavy atom. The number of carbonyl (C=O) groups excluding carboxylic acids is 2. The van der Waals surface area contributed by atoms with Crippen molar-refractivity contribution in [2.75, 3.05) is 25.2 Å². The number of aromatic nitrogens is 2. The standard InChI is InChI=1S/C15H21N3O7S/c1-9-11(14(21)17-15(22)16-9)3-4-13(20)25-7-12(19)18(2)10-5-6-26(23,24)8-10/h10H,3-8H2,1-2H3,(H2,16,17,21,22)/t10-/m0/s1. The second-order valence-corrected chi connectivity index (χ2v) is 8.46. The van der Waals surface area contributed by atoms with Gasteiger partial charge in [-0.1, -0.05) is 0 Å². The second-order valence-electron chi connectivity index (χ2n) is 6.23. The lowest BCUT2D eigenvalue weighted by Crippen LogP contribution is -2.40. The fourth-order valence-corrected chi connectivity index (χ4v) is 4.53. The van der Waals surface area contributed by atoms with Crippen LogP contribution < -0.4 is 11.2 Å². The van der Waals surface area contributed by atoms with Gasteiger partial charge in [-0.3, -0.25) is 19.4 Å². The molecule has 26 heavy (non-hydrogen) atoms. The molecule has 0 saturated carbocycles. The molecule has 0 bridgehead atoms. The van der Waals surface area contributed by atoms with E-state index in [9.17, 15) is 27.6 Å². The lowest BCUT2D eigenvalue weighted by atomic mass is 10.1. The van der Waals surface area contributed by atoms with E-state index >= 15 is 0 Å². The molecule has 2 rings (SSSR count). The van der Waals surface area contributed by atoms with Crippen molar-refractivity contribution in [1.82, 2.24) is 14.9 Å². The Morgan fingerprint density at radius 3 is 2.54 bits per heavy atom. The van der Waals surface area contributed by atoms with E-state index in [-0.39, 0.29) is 29.9 Å². The highest BCUT2D eigenvalue weighted by atomic mass is 32.2. The van der Waals surface area contributed by atoms with Crippen molar-refractivity contribution >= 4 is 21.7 Å². The van der Waals surface area contributed by atoms with Gasteiger partial charge in [0.05, 0.1) is 11.5 Å². The molecule has 1 aromatic rings. The first-order valence-electron chi connectivity index (χ1n) is 8.03. The average molecular weight is 387 g/mol. The van der Waals surface area contributed by atoms with Crippen LogP contribution in [0.25, 0.3) is 0 Å². The molecule has 1 fully saturated rings. The van der Waals surface area contributed by atoms with E-state index < -0.39 is 45.6 Å². The van der Waals surface area contributed by atoms with Gasteiger partial charge in [-0.2, -0.15) is 0 Å². The summed E-state index contributed by atoms with van der Waals surface area (Å²) in [4.78, 5) is 52.4. The predicted octanol–water partition coefficient (Wildman–Crippen LogP) is -1.51. The molecule has 0 spiro atoms. The summed E-state index contributed by atoms with van der Waals surface area (Å²) in [6.45, 7) is 1.05. The second kappa shape index (κ2) is 7.85. The van der Waals surface area contributed by atoms with Gasteiger partial charge in [0, 0.05) is 30.8 Å². The van der Waals surface area contributed by atoms with Crippen molar-refractivity contribution < 1.29 is 22.7 Å². The summed E-state index contributed by atoms with van der Waals surface area (Å²) in [6, 6.07) is -0.409. The molecular formula is C15H21N3O7S. The van der Waals surface area contributed by atoms with Crippen LogP contribution in [0.4, 0.5) is 0 Å². The number of sulfone groups is 1. The van der Waals surface area contributed by atoms with Gasteiger partial charge >= 0.3 is 11.7 Å². The molecule has 2 N–H and O–H groups in total. The lowest BCUT2D eigenvalue weighted by Gasteiger charge is -2.23. The quantitative estimate of drug-likeness (QED) is 0.564. The third kappa shape index (κ3) is 5.04. The normalized spacial score (nSPS) is 18.5. The van der Waals surface area contributed by atoms with E-state index in [0.717, 1.165) is 0 Å². The molecule has 0 unspecified atom stereocenters. The fraction of sp³-hybridized carbons (Fsp3) is 0.600. The molecule has 1 aromatic heterocycles. The van der Waals surface area contributed by atoms with E-state index in [2.05, 4.69) is 9.97 Å². The lowest BCUT2D eigenvalue weighted by molar-refractivity contribution is -0.152. The van der Waals surface area contributed by atoms with E-state index in [1.165, 1.54) is 11.9 Å². The van der Waals surface area contributed by atoms with Crippen molar-refractivity contribution in [2.45, 2.75) is 32.2 Å². The molecular weight excluding hydrogens is 366 g/mol. The number of hydrogen-bond acceptors (Lipinski definition) is 7. The largest absolute Gasteiger partial charge is 0.456 e. The van der Waals surface area contributed by atoms with E-state index in [1.807, 2.05) is 0 Å². The number of amides is 1. The Kier molecular flexibility index (Phi) is 6.01. The van der Waals surface area contributed by atoms with Gasteiger partial charge in [0.2, 0.25) is 0 Å². The Morgan fingerprint density at radius 1 is 1.27 bits per heavy atom. The number of aromatic amines is 2. The van der Waals surface area contributed by atoms with Crippen molar-refractivity contribution in [3.8, 4) is 0 Å². The predicted molar refractivity (Wildman–Crippen MR) is 91.5 cm³/mol. The molecule has 0 aromatic carbocycles. The van der Waals surface area contributed by atoms with Crippen LogP contribution in [-0.2, 0) is 30.6 Å².